The number of amides is 1. The number of hydrogen-bond acceptors (Lipinski definition) is 5. The molecule has 0 aliphatic carbocycles. The standard InChI is InChI=1S/C19H13Cl2N3O3/c1-26-15-5-3-10(19(22)25)16-11-6-9(2-4-14(11)27-18(15)16)24-17-12(20)7-23-8-13(17)21/h2-8H,1H3,(H2,22,25)(H,23,24). The number of benzene rings is 2. The smallest absolute Gasteiger partial charge is 0.249 e. The molecule has 0 aliphatic heterocycles. The predicted octanol–water partition coefficient (Wildman–Crippen LogP) is 5.14. The van der Waals surface area contributed by atoms with Crippen LogP contribution in [0.1, 0.15) is 10.4 Å². The molecular weight excluding hydrogens is 389 g/mol. The number of rotatable bonds is 4. The Hall–Kier alpha value is -2.96. The van der Waals surface area contributed by atoms with Crippen LogP contribution in [0, 0.1) is 0 Å². The Morgan fingerprint density at radius 1 is 1.19 bits per heavy atom. The van der Waals surface area contributed by atoms with Crippen LogP contribution in [0.4, 0.5) is 11.4 Å². The Balaban J connectivity index is 1.93. The summed E-state index contributed by atoms with van der Waals surface area (Å²) in [4.78, 5) is 15.8. The summed E-state index contributed by atoms with van der Waals surface area (Å²) in [5.41, 5.74) is 8.19. The van der Waals surface area contributed by atoms with Crippen molar-refractivity contribution in [1.29, 1.82) is 0 Å². The lowest BCUT2D eigenvalue weighted by Gasteiger charge is -2.10. The number of nitrogens with one attached hydrogen (secondary N) is 1. The van der Waals surface area contributed by atoms with Gasteiger partial charge in [-0.05, 0) is 30.3 Å². The van der Waals surface area contributed by atoms with E-state index in [-0.39, 0.29) is 0 Å². The number of nitrogens with two attached hydrogens (primary N) is 1. The third kappa shape index (κ3) is 2.93. The first kappa shape index (κ1) is 17.5. The predicted molar refractivity (Wildman–Crippen MR) is 106 cm³/mol. The summed E-state index contributed by atoms with van der Waals surface area (Å²) in [5.74, 6) is -0.0372. The molecule has 0 aliphatic rings. The molecule has 0 unspecified atom stereocenters. The maximum Gasteiger partial charge on any atom is 0.249 e. The van der Waals surface area contributed by atoms with E-state index in [9.17, 15) is 4.79 Å². The van der Waals surface area contributed by atoms with E-state index in [4.69, 9.17) is 38.1 Å². The summed E-state index contributed by atoms with van der Waals surface area (Å²) in [7, 11) is 1.53. The van der Waals surface area contributed by atoms with Gasteiger partial charge in [0.2, 0.25) is 5.91 Å². The molecule has 8 heteroatoms. The summed E-state index contributed by atoms with van der Waals surface area (Å²) in [6.07, 6.45) is 3.00. The van der Waals surface area contributed by atoms with E-state index in [0.717, 1.165) is 0 Å². The molecule has 2 aromatic heterocycles. The van der Waals surface area contributed by atoms with Crippen molar-refractivity contribution in [3.8, 4) is 5.75 Å². The van der Waals surface area contributed by atoms with Gasteiger partial charge in [-0.15, -0.1) is 0 Å². The molecule has 2 aromatic carbocycles. The van der Waals surface area contributed by atoms with Gasteiger partial charge in [-0.3, -0.25) is 9.78 Å². The molecule has 0 bridgehead atoms. The zero-order chi connectivity index (χ0) is 19.1. The van der Waals surface area contributed by atoms with Crippen LogP contribution in [0.15, 0.2) is 47.1 Å². The maximum absolute atomic E-state index is 11.9. The molecule has 0 radical (unpaired) electrons. The van der Waals surface area contributed by atoms with Crippen LogP contribution in [0.2, 0.25) is 10.0 Å². The van der Waals surface area contributed by atoms with Crippen molar-refractivity contribution in [2.24, 2.45) is 5.73 Å². The number of halogens is 2. The van der Waals surface area contributed by atoms with Crippen LogP contribution >= 0.6 is 23.2 Å². The largest absolute Gasteiger partial charge is 0.493 e. The molecule has 0 atom stereocenters. The lowest BCUT2D eigenvalue weighted by atomic mass is 10.0. The van der Waals surface area contributed by atoms with Gasteiger partial charge in [0.15, 0.2) is 11.3 Å². The molecule has 136 valence electrons. The van der Waals surface area contributed by atoms with Gasteiger partial charge < -0.3 is 20.2 Å². The van der Waals surface area contributed by atoms with Crippen molar-refractivity contribution in [2.45, 2.75) is 0 Å². The molecule has 0 saturated heterocycles. The van der Waals surface area contributed by atoms with Crippen LogP contribution in [0.5, 0.6) is 5.75 Å². The second-order valence-corrected chi connectivity index (χ2v) is 6.61. The highest BCUT2D eigenvalue weighted by atomic mass is 35.5. The van der Waals surface area contributed by atoms with Gasteiger partial charge in [-0.1, -0.05) is 23.2 Å². The monoisotopic (exact) mass is 401 g/mol. The van der Waals surface area contributed by atoms with Gasteiger partial charge in [0.1, 0.15) is 5.58 Å². The van der Waals surface area contributed by atoms with E-state index in [1.807, 2.05) is 12.1 Å². The number of carbonyl (C=O) groups is 1. The summed E-state index contributed by atoms with van der Waals surface area (Å²) in [5, 5.41) is 5.25. The zero-order valence-electron chi connectivity index (χ0n) is 14.0. The van der Waals surface area contributed by atoms with Gasteiger partial charge in [0.05, 0.1) is 28.4 Å². The quantitative estimate of drug-likeness (QED) is 0.493. The van der Waals surface area contributed by atoms with Crippen molar-refractivity contribution in [2.75, 3.05) is 12.4 Å². The van der Waals surface area contributed by atoms with E-state index in [1.54, 1.807) is 18.2 Å². The van der Waals surface area contributed by atoms with Crippen molar-refractivity contribution in [3.63, 3.8) is 0 Å². The number of nitrogens with zero attached hydrogens (tertiary/aromatic N) is 1. The molecule has 4 aromatic rings. The molecule has 3 N–H and O–H groups in total. The van der Waals surface area contributed by atoms with Crippen LogP contribution in [0.25, 0.3) is 21.9 Å². The third-order valence-corrected chi connectivity index (χ3v) is 4.76. The fraction of sp³-hybridized carbons (Fsp3) is 0.0526. The average molecular weight is 402 g/mol. The number of fused-ring (bicyclic) bond motifs is 3. The normalized spacial score (nSPS) is 11.1. The van der Waals surface area contributed by atoms with Gasteiger partial charge >= 0.3 is 0 Å². The summed E-state index contributed by atoms with van der Waals surface area (Å²) in [6, 6.07) is 8.70. The molecule has 27 heavy (non-hydrogen) atoms. The summed E-state index contributed by atoms with van der Waals surface area (Å²) in [6.45, 7) is 0. The number of primary amides is 1. The molecular formula is C19H13Cl2N3O3. The summed E-state index contributed by atoms with van der Waals surface area (Å²) < 4.78 is 11.2. The van der Waals surface area contributed by atoms with E-state index < -0.39 is 5.91 Å². The Labute approximate surface area is 163 Å². The van der Waals surface area contributed by atoms with E-state index >= 15 is 0 Å². The van der Waals surface area contributed by atoms with E-state index in [2.05, 4.69) is 10.3 Å². The highest BCUT2D eigenvalue weighted by Crippen LogP contribution is 2.39. The molecule has 4 rings (SSSR count). The molecule has 0 spiro atoms. The van der Waals surface area contributed by atoms with Gasteiger partial charge in [-0.2, -0.15) is 0 Å². The minimum Gasteiger partial charge on any atom is -0.493 e. The first-order chi connectivity index (χ1) is 13.0. The Morgan fingerprint density at radius 2 is 1.93 bits per heavy atom. The molecule has 0 fully saturated rings. The van der Waals surface area contributed by atoms with Gasteiger partial charge in [0, 0.05) is 28.9 Å². The maximum atomic E-state index is 11.9. The first-order valence-corrected chi connectivity index (χ1v) is 8.64. The van der Waals surface area contributed by atoms with Gasteiger partial charge in [-0.25, -0.2) is 0 Å². The number of pyridine rings is 1. The number of furan rings is 1. The van der Waals surface area contributed by atoms with Crippen LogP contribution in [-0.2, 0) is 0 Å². The zero-order valence-corrected chi connectivity index (χ0v) is 15.6. The molecule has 1 amide bonds. The number of aromatic nitrogens is 1. The number of hydrogen-bond donors (Lipinski definition) is 2. The van der Waals surface area contributed by atoms with Crippen molar-refractivity contribution in [1.82, 2.24) is 4.98 Å². The molecule has 0 saturated carbocycles. The minimum atomic E-state index is -0.552. The topological polar surface area (TPSA) is 90.4 Å². The Morgan fingerprint density at radius 3 is 2.59 bits per heavy atom. The second kappa shape index (κ2) is 6.64. The molecule has 6 nitrogen and oxygen atoms in total. The fourth-order valence-electron chi connectivity index (χ4n) is 2.98. The first-order valence-electron chi connectivity index (χ1n) is 7.88. The highest BCUT2D eigenvalue weighted by molar-refractivity contribution is 6.39. The Kier molecular flexibility index (Phi) is 4.30. The number of ether oxygens (including phenoxy) is 1. The van der Waals surface area contributed by atoms with Gasteiger partial charge in [0.25, 0.3) is 0 Å². The summed E-state index contributed by atoms with van der Waals surface area (Å²) >= 11 is 12.3. The Bertz CT molecular complexity index is 1180. The third-order valence-electron chi connectivity index (χ3n) is 4.19. The lowest BCUT2D eigenvalue weighted by molar-refractivity contribution is 0.100. The van der Waals surface area contributed by atoms with Crippen LogP contribution in [-0.4, -0.2) is 18.0 Å². The van der Waals surface area contributed by atoms with Crippen LogP contribution < -0.4 is 15.8 Å². The number of anilines is 2. The van der Waals surface area contributed by atoms with E-state index in [0.29, 0.717) is 54.7 Å². The SMILES string of the molecule is COc1ccc(C(N)=O)c2c1oc1ccc(Nc3c(Cl)cncc3Cl)cc12. The minimum absolute atomic E-state index is 0.349. The highest BCUT2D eigenvalue weighted by Gasteiger charge is 2.19. The number of carbonyl (C=O) groups excluding carboxylic acids is 1. The number of methoxy groups -OCH3 is 1. The van der Waals surface area contributed by atoms with Crippen molar-refractivity contribution >= 4 is 62.4 Å². The van der Waals surface area contributed by atoms with Crippen molar-refractivity contribution in [3.05, 3.63) is 58.3 Å². The fourth-order valence-corrected chi connectivity index (χ4v) is 3.43. The lowest BCUT2D eigenvalue weighted by Crippen LogP contribution is -2.11. The van der Waals surface area contributed by atoms with E-state index in [1.165, 1.54) is 19.5 Å². The average Bonchev–Trinajstić information content (AvgIpc) is 3.03. The second-order valence-electron chi connectivity index (χ2n) is 5.80. The van der Waals surface area contributed by atoms with Crippen molar-refractivity contribution < 1.29 is 13.9 Å². The molecule has 2 heterocycles. The van der Waals surface area contributed by atoms with Crippen LogP contribution in [0.3, 0.4) is 0 Å².